The van der Waals surface area contributed by atoms with Gasteiger partial charge in [-0.2, -0.15) is 4.98 Å². The Morgan fingerprint density at radius 1 is 1.05 bits per heavy atom. The van der Waals surface area contributed by atoms with Crippen LogP contribution < -0.4 is 5.56 Å². The molecule has 20 heavy (non-hydrogen) atoms. The summed E-state index contributed by atoms with van der Waals surface area (Å²) in [5, 5.41) is 0.652. The Balaban J connectivity index is 2.11. The van der Waals surface area contributed by atoms with E-state index < -0.39 is 0 Å². The minimum Gasteiger partial charge on any atom is -0.301 e. The molecule has 0 bridgehead atoms. The summed E-state index contributed by atoms with van der Waals surface area (Å²) in [5.74, 6) is 0.912. The average Bonchev–Trinajstić information content (AvgIpc) is 2.73. The Morgan fingerprint density at radius 3 is 2.90 bits per heavy atom. The minimum atomic E-state index is -0.168. The molecule has 3 nitrogen and oxygen atoms in total. The minimum absolute atomic E-state index is 0.168. The molecule has 0 saturated carbocycles. The highest BCUT2D eigenvalue weighted by Crippen LogP contribution is 2.31. The van der Waals surface area contributed by atoms with E-state index in [1.807, 2.05) is 59.3 Å². The Hall–Kier alpha value is -2.68. The molecule has 2 aliphatic rings. The average molecular weight is 260 g/mol. The monoisotopic (exact) mass is 260 g/mol. The number of rotatable bonds is 0. The summed E-state index contributed by atoms with van der Waals surface area (Å²) >= 11 is 0. The molecule has 2 heterocycles. The highest BCUT2D eigenvalue weighted by molar-refractivity contribution is 5.84. The lowest BCUT2D eigenvalue weighted by Gasteiger charge is -2.22. The van der Waals surface area contributed by atoms with Crippen molar-refractivity contribution in [3.05, 3.63) is 76.9 Å². The molecule has 1 unspecified atom stereocenters. The van der Waals surface area contributed by atoms with Gasteiger partial charge >= 0.3 is 0 Å². The van der Waals surface area contributed by atoms with Crippen LogP contribution in [0.3, 0.4) is 0 Å². The zero-order valence-electron chi connectivity index (χ0n) is 10.7. The lowest BCUT2D eigenvalue weighted by molar-refractivity contribution is 0.934. The smallest absolute Gasteiger partial charge is 0.281 e. The first-order valence-corrected chi connectivity index (χ1v) is 6.59. The lowest BCUT2D eigenvalue weighted by Crippen LogP contribution is -2.20. The Labute approximate surface area is 115 Å². The van der Waals surface area contributed by atoms with Crippen molar-refractivity contribution in [2.45, 2.75) is 0 Å². The summed E-state index contributed by atoms with van der Waals surface area (Å²) in [6.07, 6.45) is 14.3. The maximum absolute atomic E-state index is 12.2. The standard InChI is InChI=1S/C17H12N2O/c20-17-14-8-4-5-9-15(14)19-11-10-12-6-2-1-3-7-13(12)16(19)18-17/h1-12H. The second-order valence-corrected chi connectivity index (χ2v) is 4.89. The summed E-state index contributed by atoms with van der Waals surface area (Å²) in [7, 11) is 0. The summed E-state index contributed by atoms with van der Waals surface area (Å²) in [6.45, 7) is 0. The largest absolute Gasteiger partial charge is 0.301 e. The van der Waals surface area contributed by atoms with Crippen LogP contribution in [0.5, 0.6) is 0 Å². The van der Waals surface area contributed by atoms with Crippen LogP contribution in [0.2, 0.25) is 0 Å². The van der Waals surface area contributed by atoms with E-state index in [0.717, 1.165) is 16.9 Å². The van der Waals surface area contributed by atoms with Gasteiger partial charge < -0.3 is 4.57 Å². The van der Waals surface area contributed by atoms with Crippen molar-refractivity contribution in [2.24, 2.45) is 5.92 Å². The van der Waals surface area contributed by atoms with Crippen LogP contribution in [0.4, 0.5) is 0 Å². The number of aromatic nitrogens is 2. The molecule has 0 fully saturated rings. The zero-order valence-corrected chi connectivity index (χ0v) is 10.7. The van der Waals surface area contributed by atoms with E-state index in [0.29, 0.717) is 5.39 Å². The molecule has 1 aromatic carbocycles. The molecule has 0 saturated heterocycles. The molecule has 0 N–H and O–H groups in total. The van der Waals surface area contributed by atoms with Gasteiger partial charge in [-0.05, 0) is 12.1 Å². The van der Waals surface area contributed by atoms with Crippen LogP contribution in [0.15, 0.2) is 65.5 Å². The van der Waals surface area contributed by atoms with Gasteiger partial charge in [0.05, 0.1) is 10.9 Å². The molecule has 1 aliphatic heterocycles. The fourth-order valence-electron chi connectivity index (χ4n) is 2.74. The molecule has 1 aromatic heterocycles. The summed E-state index contributed by atoms with van der Waals surface area (Å²) in [6, 6.07) is 7.58. The molecule has 0 amide bonds. The third-order valence-corrected chi connectivity index (χ3v) is 3.71. The molecular formula is C17H12N2O. The van der Waals surface area contributed by atoms with Gasteiger partial charge in [-0.25, -0.2) is 0 Å². The van der Waals surface area contributed by atoms with Crippen molar-refractivity contribution < 1.29 is 0 Å². The van der Waals surface area contributed by atoms with Gasteiger partial charge in [0.25, 0.3) is 5.56 Å². The summed E-state index contributed by atoms with van der Waals surface area (Å²) in [4.78, 5) is 16.5. The van der Waals surface area contributed by atoms with Crippen molar-refractivity contribution in [2.75, 3.05) is 0 Å². The number of benzene rings is 1. The molecule has 1 atom stereocenters. The normalized spacial score (nSPS) is 19.4. The number of hydrogen-bond acceptors (Lipinski definition) is 2. The van der Waals surface area contributed by atoms with Crippen molar-refractivity contribution >= 4 is 22.7 Å². The zero-order chi connectivity index (χ0) is 13.5. The summed E-state index contributed by atoms with van der Waals surface area (Å²) in [5.41, 5.74) is 1.79. The Morgan fingerprint density at radius 2 is 1.95 bits per heavy atom. The van der Waals surface area contributed by atoms with E-state index >= 15 is 0 Å². The predicted octanol–water partition coefficient (Wildman–Crippen LogP) is 3.01. The van der Waals surface area contributed by atoms with Crippen molar-refractivity contribution in [1.29, 1.82) is 0 Å². The second kappa shape index (κ2) is 4.17. The Bertz CT molecular complexity index is 881. The van der Waals surface area contributed by atoms with Gasteiger partial charge in [0, 0.05) is 17.7 Å². The van der Waals surface area contributed by atoms with Crippen LogP contribution in [-0.4, -0.2) is 9.55 Å². The highest BCUT2D eigenvalue weighted by atomic mass is 16.1. The number of fused-ring (bicyclic) bond motifs is 5. The first-order chi connectivity index (χ1) is 9.84. The Kier molecular flexibility index (Phi) is 2.33. The van der Waals surface area contributed by atoms with Gasteiger partial charge in [-0.15, -0.1) is 0 Å². The van der Waals surface area contributed by atoms with Gasteiger partial charge in [0.2, 0.25) is 0 Å². The van der Waals surface area contributed by atoms with Crippen LogP contribution in [0, 0.1) is 5.92 Å². The molecule has 96 valence electrons. The number of hydrogen-bond donors (Lipinski definition) is 0. The summed E-state index contributed by atoms with van der Waals surface area (Å²) < 4.78 is 1.99. The van der Waals surface area contributed by atoms with Crippen molar-refractivity contribution in [3.8, 4) is 0 Å². The first-order valence-electron chi connectivity index (χ1n) is 6.59. The third kappa shape index (κ3) is 1.53. The maximum atomic E-state index is 12.2. The topological polar surface area (TPSA) is 34.9 Å². The second-order valence-electron chi connectivity index (χ2n) is 4.89. The van der Waals surface area contributed by atoms with Gasteiger partial charge in [-0.1, -0.05) is 48.6 Å². The van der Waals surface area contributed by atoms with Crippen molar-refractivity contribution in [3.63, 3.8) is 0 Å². The SMILES string of the molecule is O=c1nc2n(c3ccccc13)C=CC1C=CC=CC=C21. The van der Waals surface area contributed by atoms with E-state index in [4.69, 9.17) is 0 Å². The predicted molar refractivity (Wildman–Crippen MR) is 81.1 cm³/mol. The van der Waals surface area contributed by atoms with Gasteiger partial charge in [0.1, 0.15) is 5.82 Å². The van der Waals surface area contributed by atoms with E-state index in [1.165, 1.54) is 0 Å². The first kappa shape index (κ1) is 11.2. The maximum Gasteiger partial charge on any atom is 0.281 e. The molecule has 3 heteroatoms. The number of allylic oxidation sites excluding steroid dienone is 7. The quantitative estimate of drug-likeness (QED) is 0.729. The molecule has 4 rings (SSSR count). The van der Waals surface area contributed by atoms with E-state index in [1.54, 1.807) is 0 Å². The number of nitrogens with zero attached hydrogens (tertiary/aromatic N) is 2. The molecule has 2 aromatic rings. The third-order valence-electron chi connectivity index (χ3n) is 3.71. The highest BCUT2D eigenvalue weighted by Gasteiger charge is 2.21. The van der Waals surface area contributed by atoms with E-state index in [2.05, 4.69) is 17.1 Å². The molecular weight excluding hydrogens is 248 g/mol. The van der Waals surface area contributed by atoms with Crippen molar-refractivity contribution in [1.82, 2.24) is 9.55 Å². The fraction of sp³-hybridized carbons (Fsp3) is 0.0588. The van der Waals surface area contributed by atoms with E-state index in [9.17, 15) is 4.79 Å². The molecule has 0 radical (unpaired) electrons. The van der Waals surface area contributed by atoms with Crippen LogP contribution >= 0.6 is 0 Å². The van der Waals surface area contributed by atoms with E-state index in [-0.39, 0.29) is 11.5 Å². The lowest BCUT2D eigenvalue weighted by atomic mass is 9.95. The van der Waals surface area contributed by atoms with Gasteiger partial charge in [0.15, 0.2) is 0 Å². The van der Waals surface area contributed by atoms with Crippen LogP contribution in [0.25, 0.3) is 22.7 Å². The number of para-hydroxylation sites is 1. The molecule has 0 spiro atoms. The van der Waals surface area contributed by atoms with Gasteiger partial charge in [-0.3, -0.25) is 4.79 Å². The molecule has 1 aliphatic carbocycles. The fourth-order valence-corrected chi connectivity index (χ4v) is 2.74. The van der Waals surface area contributed by atoms with Crippen LogP contribution in [-0.2, 0) is 0 Å². The van der Waals surface area contributed by atoms with Crippen LogP contribution in [0.1, 0.15) is 5.82 Å².